The molecule has 0 bridgehead atoms. The summed E-state index contributed by atoms with van der Waals surface area (Å²) in [5, 5.41) is 17.0. The molecule has 2 aromatic heterocycles. The second-order valence-corrected chi connectivity index (χ2v) is 5.73. The highest BCUT2D eigenvalue weighted by atomic mass is 16.4. The van der Waals surface area contributed by atoms with Crippen LogP contribution >= 0.6 is 0 Å². The van der Waals surface area contributed by atoms with Crippen molar-refractivity contribution < 1.29 is 19.1 Å². The molecule has 0 aliphatic heterocycles. The largest absolute Gasteiger partial charge is 0.481 e. The first-order chi connectivity index (χ1) is 12.5. The van der Waals surface area contributed by atoms with Crippen molar-refractivity contribution in [3.8, 4) is 11.1 Å². The number of hydrogen-bond donors (Lipinski definition) is 2. The average molecular weight is 352 g/mol. The number of nitrogens with two attached hydrogens (primary N) is 1. The van der Waals surface area contributed by atoms with Gasteiger partial charge in [0, 0.05) is 30.4 Å². The van der Waals surface area contributed by atoms with Gasteiger partial charge >= 0.3 is 5.97 Å². The van der Waals surface area contributed by atoms with Gasteiger partial charge in [-0.2, -0.15) is 0 Å². The summed E-state index contributed by atoms with van der Waals surface area (Å²) in [6.07, 6.45) is 2.90. The fraction of sp³-hybridized carbons (Fsp3) is 0.167. The monoisotopic (exact) mass is 352 g/mol. The zero-order valence-electron chi connectivity index (χ0n) is 13.9. The molecule has 8 nitrogen and oxygen atoms in total. The van der Waals surface area contributed by atoms with Crippen molar-refractivity contribution >= 4 is 11.9 Å². The van der Waals surface area contributed by atoms with E-state index in [0.29, 0.717) is 28.1 Å². The Labute approximate surface area is 148 Å². The van der Waals surface area contributed by atoms with E-state index in [1.807, 2.05) is 0 Å². The highest BCUT2D eigenvalue weighted by Crippen LogP contribution is 2.31. The topological polar surface area (TPSA) is 132 Å². The number of carbonyl (C=O) groups is 2. The van der Waals surface area contributed by atoms with Crippen LogP contribution in [0.15, 0.2) is 47.1 Å². The van der Waals surface area contributed by atoms with Crippen molar-refractivity contribution in [1.29, 1.82) is 0 Å². The molecule has 0 spiro atoms. The standard InChI is InChI=1S/C18H16N4O4/c1-10-21-22-18(26-10)15(7-16(23)24)12-6-11(8-20-9-12)13-4-2-3-5-14(13)17(19)25/h2-6,8-9,15H,7H2,1H3,(H2,19,25)(H,23,24). The lowest BCUT2D eigenvalue weighted by molar-refractivity contribution is -0.137. The van der Waals surface area contributed by atoms with Crippen molar-refractivity contribution in [3.63, 3.8) is 0 Å². The van der Waals surface area contributed by atoms with Crippen LogP contribution in [0.25, 0.3) is 11.1 Å². The van der Waals surface area contributed by atoms with Crippen LogP contribution < -0.4 is 5.73 Å². The van der Waals surface area contributed by atoms with Gasteiger partial charge < -0.3 is 15.3 Å². The lowest BCUT2D eigenvalue weighted by Crippen LogP contribution is -2.12. The summed E-state index contributed by atoms with van der Waals surface area (Å²) in [4.78, 5) is 27.2. The second kappa shape index (κ2) is 7.14. The molecule has 0 fully saturated rings. The summed E-state index contributed by atoms with van der Waals surface area (Å²) in [5.74, 6) is -1.66. The Morgan fingerprint density at radius 3 is 2.65 bits per heavy atom. The number of benzene rings is 1. The Morgan fingerprint density at radius 1 is 1.23 bits per heavy atom. The molecule has 3 rings (SSSR count). The zero-order valence-corrected chi connectivity index (χ0v) is 13.9. The summed E-state index contributed by atoms with van der Waals surface area (Å²) < 4.78 is 5.42. The van der Waals surface area contributed by atoms with Crippen molar-refractivity contribution in [2.75, 3.05) is 0 Å². The van der Waals surface area contributed by atoms with Gasteiger partial charge in [0.05, 0.1) is 12.3 Å². The van der Waals surface area contributed by atoms with Gasteiger partial charge in [0.2, 0.25) is 17.7 Å². The summed E-state index contributed by atoms with van der Waals surface area (Å²) >= 11 is 0. The van der Waals surface area contributed by atoms with Gasteiger partial charge in [0.15, 0.2) is 0 Å². The quantitative estimate of drug-likeness (QED) is 0.694. The van der Waals surface area contributed by atoms with Crippen molar-refractivity contribution in [3.05, 3.63) is 65.6 Å². The Bertz CT molecular complexity index is 967. The first kappa shape index (κ1) is 17.3. The third-order valence-electron chi connectivity index (χ3n) is 3.88. The van der Waals surface area contributed by atoms with Gasteiger partial charge in [-0.25, -0.2) is 0 Å². The SMILES string of the molecule is Cc1nnc(C(CC(=O)O)c2cncc(-c3ccccc3C(N)=O)c2)o1. The van der Waals surface area contributed by atoms with Crippen molar-refractivity contribution in [2.45, 2.75) is 19.3 Å². The molecular formula is C18H16N4O4. The number of aliphatic carboxylic acids is 1. The van der Waals surface area contributed by atoms with Crippen LogP contribution in [0.2, 0.25) is 0 Å². The first-order valence-corrected chi connectivity index (χ1v) is 7.81. The van der Waals surface area contributed by atoms with Crippen LogP contribution in [0, 0.1) is 6.92 Å². The van der Waals surface area contributed by atoms with E-state index in [-0.39, 0.29) is 12.3 Å². The van der Waals surface area contributed by atoms with Crippen LogP contribution in [-0.4, -0.2) is 32.2 Å². The highest BCUT2D eigenvalue weighted by Gasteiger charge is 2.24. The average Bonchev–Trinajstić information content (AvgIpc) is 3.05. The maximum absolute atomic E-state index is 11.7. The molecule has 1 atom stereocenters. The van der Waals surface area contributed by atoms with Crippen LogP contribution in [0.1, 0.15) is 40.0 Å². The van der Waals surface area contributed by atoms with Crippen LogP contribution in [-0.2, 0) is 4.79 Å². The summed E-state index contributed by atoms with van der Waals surface area (Å²) in [6, 6.07) is 8.63. The van der Waals surface area contributed by atoms with Gasteiger partial charge in [-0.05, 0) is 23.3 Å². The van der Waals surface area contributed by atoms with E-state index in [4.69, 9.17) is 10.2 Å². The number of aryl methyl sites for hydroxylation is 1. The molecule has 26 heavy (non-hydrogen) atoms. The highest BCUT2D eigenvalue weighted by molar-refractivity contribution is 5.99. The summed E-state index contributed by atoms with van der Waals surface area (Å²) in [5.41, 5.74) is 7.64. The van der Waals surface area contributed by atoms with Crippen molar-refractivity contribution in [2.24, 2.45) is 5.73 Å². The molecule has 0 aliphatic carbocycles. The van der Waals surface area contributed by atoms with Gasteiger partial charge in [-0.1, -0.05) is 18.2 Å². The number of pyridine rings is 1. The molecule has 3 aromatic rings. The van der Waals surface area contributed by atoms with Gasteiger partial charge in [-0.3, -0.25) is 14.6 Å². The number of primary amides is 1. The molecule has 0 aliphatic rings. The number of hydrogen-bond acceptors (Lipinski definition) is 6. The third-order valence-corrected chi connectivity index (χ3v) is 3.88. The minimum absolute atomic E-state index is 0.201. The van der Waals surface area contributed by atoms with Gasteiger partial charge in [0.25, 0.3) is 0 Å². The Balaban J connectivity index is 2.07. The molecule has 0 saturated carbocycles. The minimum Gasteiger partial charge on any atom is -0.481 e. The molecule has 1 unspecified atom stereocenters. The van der Waals surface area contributed by atoms with Crippen LogP contribution in [0.4, 0.5) is 0 Å². The maximum atomic E-state index is 11.7. The molecule has 2 heterocycles. The lowest BCUT2D eigenvalue weighted by atomic mass is 9.93. The van der Waals surface area contributed by atoms with E-state index < -0.39 is 17.8 Å². The molecule has 1 aromatic carbocycles. The predicted molar refractivity (Wildman–Crippen MR) is 91.3 cm³/mol. The molecule has 0 radical (unpaired) electrons. The van der Waals surface area contributed by atoms with Crippen LogP contribution in [0.3, 0.4) is 0 Å². The predicted octanol–water partition coefficient (Wildman–Crippen LogP) is 2.15. The number of aromatic nitrogens is 3. The molecule has 3 N–H and O–H groups in total. The molecule has 0 saturated heterocycles. The second-order valence-electron chi connectivity index (χ2n) is 5.73. The molecule has 8 heteroatoms. The Kier molecular flexibility index (Phi) is 4.74. The smallest absolute Gasteiger partial charge is 0.304 e. The van der Waals surface area contributed by atoms with Gasteiger partial charge in [-0.15, -0.1) is 10.2 Å². The number of nitrogens with zero attached hydrogens (tertiary/aromatic N) is 3. The molecule has 1 amide bonds. The fourth-order valence-corrected chi connectivity index (χ4v) is 2.72. The van der Waals surface area contributed by atoms with E-state index in [1.54, 1.807) is 49.6 Å². The maximum Gasteiger partial charge on any atom is 0.304 e. The fourth-order valence-electron chi connectivity index (χ4n) is 2.72. The number of rotatable bonds is 6. The minimum atomic E-state index is -1.01. The Hall–Kier alpha value is -3.55. The van der Waals surface area contributed by atoms with Crippen LogP contribution in [0.5, 0.6) is 0 Å². The van der Waals surface area contributed by atoms with Gasteiger partial charge in [0.1, 0.15) is 0 Å². The zero-order chi connectivity index (χ0) is 18.7. The number of carboxylic acid groups (broad SMARTS) is 1. The van der Waals surface area contributed by atoms with E-state index in [9.17, 15) is 14.7 Å². The number of carboxylic acids is 1. The van der Waals surface area contributed by atoms with E-state index >= 15 is 0 Å². The van der Waals surface area contributed by atoms with E-state index in [0.717, 1.165) is 0 Å². The lowest BCUT2D eigenvalue weighted by Gasteiger charge is -2.13. The Morgan fingerprint density at radius 2 is 2.00 bits per heavy atom. The number of carbonyl (C=O) groups excluding carboxylic acids is 1. The summed E-state index contributed by atoms with van der Waals surface area (Å²) in [7, 11) is 0. The summed E-state index contributed by atoms with van der Waals surface area (Å²) in [6.45, 7) is 1.63. The molecule has 132 valence electrons. The van der Waals surface area contributed by atoms with E-state index in [1.165, 1.54) is 0 Å². The first-order valence-electron chi connectivity index (χ1n) is 7.81. The van der Waals surface area contributed by atoms with E-state index in [2.05, 4.69) is 15.2 Å². The molecular weight excluding hydrogens is 336 g/mol. The normalized spacial score (nSPS) is 11.9. The number of amides is 1. The third kappa shape index (κ3) is 3.59. The van der Waals surface area contributed by atoms with Crippen molar-refractivity contribution in [1.82, 2.24) is 15.2 Å².